The summed E-state index contributed by atoms with van der Waals surface area (Å²) in [7, 11) is 0. The molecule has 0 amide bonds. The van der Waals surface area contributed by atoms with E-state index in [2.05, 4.69) is 17.2 Å². The summed E-state index contributed by atoms with van der Waals surface area (Å²) in [5.74, 6) is -1.12. The Morgan fingerprint density at radius 3 is 2.83 bits per heavy atom. The Hall–Kier alpha value is -2.18. The molecule has 0 fully saturated rings. The first-order chi connectivity index (χ1) is 8.56. The van der Waals surface area contributed by atoms with Gasteiger partial charge in [0.25, 0.3) is 0 Å². The van der Waals surface area contributed by atoms with Crippen molar-refractivity contribution in [3.05, 3.63) is 27.9 Å². The number of unbranched alkanes of at least 4 members (excludes halogenated alkanes) is 2. The van der Waals surface area contributed by atoms with Crippen molar-refractivity contribution in [3.8, 4) is 0 Å². The summed E-state index contributed by atoms with van der Waals surface area (Å²) in [5.41, 5.74) is -0.507. The molecule has 0 bridgehead atoms. The van der Waals surface area contributed by atoms with Gasteiger partial charge < -0.3 is 10.4 Å². The molecule has 1 aromatic heterocycles. The first-order valence-electron chi connectivity index (χ1n) is 5.67. The van der Waals surface area contributed by atoms with Crippen molar-refractivity contribution in [3.63, 3.8) is 0 Å². The van der Waals surface area contributed by atoms with Gasteiger partial charge in [-0.3, -0.25) is 10.1 Å². The van der Waals surface area contributed by atoms with Crippen LogP contribution in [0.1, 0.15) is 36.5 Å². The summed E-state index contributed by atoms with van der Waals surface area (Å²) in [6.45, 7) is 2.64. The first-order valence-corrected chi connectivity index (χ1v) is 5.67. The van der Waals surface area contributed by atoms with Crippen LogP contribution in [0.2, 0.25) is 0 Å². The number of carboxylic acid groups (broad SMARTS) is 1. The maximum atomic E-state index is 10.8. The van der Waals surface area contributed by atoms with Crippen molar-refractivity contribution < 1.29 is 14.8 Å². The van der Waals surface area contributed by atoms with Gasteiger partial charge in [-0.25, -0.2) is 9.78 Å². The Morgan fingerprint density at radius 1 is 1.56 bits per heavy atom. The number of nitro groups is 1. The third-order valence-electron chi connectivity index (χ3n) is 2.38. The molecule has 0 saturated heterocycles. The molecule has 1 aromatic rings. The molecule has 7 heteroatoms. The minimum absolute atomic E-state index is 0.112. The molecule has 0 aromatic carbocycles. The molecule has 0 aliphatic rings. The second-order valence-corrected chi connectivity index (χ2v) is 3.79. The molecule has 0 spiro atoms. The molecule has 0 radical (unpaired) electrons. The highest BCUT2D eigenvalue weighted by molar-refractivity contribution is 5.88. The highest BCUT2D eigenvalue weighted by Gasteiger charge is 2.18. The van der Waals surface area contributed by atoms with E-state index in [1.54, 1.807) is 0 Å². The van der Waals surface area contributed by atoms with E-state index in [1.807, 2.05) is 0 Å². The first kappa shape index (κ1) is 13.9. The van der Waals surface area contributed by atoms with Crippen molar-refractivity contribution in [2.24, 2.45) is 0 Å². The van der Waals surface area contributed by atoms with E-state index >= 15 is 0 Å². The maximum Gasteiger partial charge on any atom is 0.337 e. The van der Waals surface area contributed by atoms with Gasteiger partial charge in [-0.2, -0.15) is 0 Å². The lowest BCUT2D eigenvalue weighted by molar-refractivity contribution is -0.384. The van der Waals surface area contributed by atoms with Crippen LogP contribution >= 0.6 is 0 Å². The molecule has 18 heavy (non-hydrogen) atoms. The summed E-state index contributed by atoms with van der Waals surface area (Å²) in [4.78, 5) is 24.7. The van der Waals surface area contributed by atoms with Crippen LogP contribution in [0.4, 0.5) is 11.5 Å². The Bertz CT molecular complexity index is 448. The lowest BCUT2D eigenvalue weighted by Crippen LogP contribution is -2.08. The number of nitrogens with zero attached hydrogens (tertiary/aromatic N) is 2. The number of aromatic carboxylic acids is 1. The van der Waals surface area contributed by atoms with Gasteiger partial charge in [-0.1, -0.05) is 19.8 Å². The third kappa shape index (κ3) is 3.69. The van der Waals surface area contributed by atoms with Crippen molar-refractivity contribution in [2.45, 2.75) is 26.2 Å². The Balaban J connectivity index is 2.83. The molecule has 1 heterocycles. The molecule has 0 aliphatic carbocycles. The molecule has 0 aliphatic heterocycles. The fourth-order valence-electron chi connectivity index (χ4n) is 1.43. The largest absolute Gasteiger partial charge is 0.478 e. The maximum absolute atomic E-state index is 10.8. The number of aromatic nitrogens is 1. The summed E-state index contributed by atoms with van der Waals surface area (Å²) < 4.78 is 0. The van der Waals surface area contributed by atoms with E-state index in [0.717, 1.165) is 31.5 Å². The molecule has 7 nitrogen and oxygen atoms in total. The van der Waals surface area contributed by atoms with Gasteiger partial charge in [0.2, 0.25) is 5.82 Å². The zero-order chi connectivity index (χ0) is 13.5. The molecule has 0 unspecified atom stereocenters. The minimum Gasteiger partial charge on any atom is -0.478 e. The van der Waals surface area contributed by atoms with E-state index in [4.69, 9.17) is 5.11 Å². The summed E-state index contributed by atoms with van der Waals surface area (Å²) in [5, 5.41) is 22.4. The quantitative estimate of drug-likeness (QED) is 0.438. The van der Waals surface area contributed by atoms with Crippen LogP contribution in [-0.4, -0.2) is 27.5 Å². The van der Waals surface area contributed by atoms with Gasteiger partial charge in [0.1, 0.15) is 0 Å². The summed E-state index contributed by atoms with van der Waals surface area (Å²) in [6.07, 6.45) is 4.07. The summed E-state index contributed by atoms with van der Waals surface area (Å²) >= 11 is 0. The average Bonchev–Trinajstić information content (AvgIpc) is 2.34. The number of carboxylic acids is 1. The van der Waals surface area contributed by atoms with Gasteiger partial charge in [-0.15, -0.1) is 0 Å². The van der Waals surface area contributed by atoms with Gasteiger partial charge in [-0.05, 0) is 6.42 Å². The Kier molecular flexibility index (Phi) is 5.04. The van der Waals surface area contributed by atoms with E-state index in [-0.39, 0.29) is 17.1 Å². The molecule has 0 atom stereocenters. The number of hydrogen-bond acceptors (Lipinski definition) is 5. The number of rotatable bonds is 7. The predicted octanol–water partition coefficient (Wildman–Crippen LogP) is 2.29. The Labute approximate surface area is 104 Å². The average molecular weight is 253 g/mol. The van der Waals surface area contributed by atoms with Crippen molar-refractivity contribution in [1.82, 2.24) is 4.98 Å². The van der Waals surface area contributed by atoms with Crippen LogP contribution in [0.3, 0.4) is 0 Å². The second-order valence-electron chi connectivity index (χ2n) is 3.79. The smallest absolute Gasteiger partial charge is 0.337 e. The van der Waals surface area contributed by atoms with Crippen LogP contribution in [0.5, 0.6) is 0 Å². The van der Waals surface area contributed by atoms with Gasteiger partial charge in [0.15, 0.2) is 0 Å². The fourth-order valence-corrected chi connectivity index (χ4v) is 1.43. The number of carbonyl (C=O) groups is 1. The summed E-state index contributed by atoms with van der Waals surface area (Å²) in [6, 6.07) is 1.01. The van der Waals surface area contributed by atoms with Crippen molar-refractivity contribution >= 4 is 17.5 Å². The van der Waals surface area contributed by atoms with Crippen LogP contribution < -0.4 is 5.32 Å². The number of nitrogens with one attached hydrogen (secondary N) is 1. The molecule has 98 valence electrons. The van der Waals surface area contributed by atoms with Gasteiger partial charge >= 0.3 is 11.7 Å². The lowest BCUT2D eigenvalue weighted by atomic mass is 10.2. The lowest BCUT2D eigenvalue weighted by Gasteiger charge is -2.06. The zero-order valence-corrected chi connectivity index (χ0v) is 10.0. The van der Waals surface area contributed by atoms with Crippen LogP contribution in [-0.2, 0) is 0 Å². The topological polar surface area (TPSA) is 105 Å². The van der Waals surface area contributed by atoms with E-state index in [9.17, 15) is 14.9 Å². The SMILES string of the molecule is CCCCCNc1ncc(C(=O)O)cc1[N+](=O)[O-]. The van der Waals surface area contributed by atoms with E-state index in [1.165, 1.54) is 0 Å². The van der Waals surface area contributed by atoms with Crippen molar-refractivity contribution in [2.75, 3.05) is 11.9 Å². The molecule has 0 saturated carbocycles. The van der Waals surface area contributed by atoms with Gasteiger partial charge in [0.05, 0.1) is 10.5 Å². The molecular weight excluding hydrogens is 238 g/mol. The molecular formula is C11H15N3O4. The fraction of sp³-hybridized carbons (Fsp3) is 0.455. The second kappa shape index (κ2) is 6.53. The highest BCUT2D eigenvalue weighted by Crippen LogP contribution is 2.22. The molecule has 1 rings (SSSR count). The zero-order valence-electron chi connectivity index (χ0n) is 10.0. The van der Waals surface area contributed by atoms with Crippen molar-refractivity contribution in [1.29, 1.82) is 0 Å². The number of hydrogen-bond donors (Lipinski definition) is 2. The highest BCUT2D eigenvalue weighted by atomic mass is 16.6. The monoisotopic (exact) mass is 253 g/mol. The van der Waals surface area contributed by atoms with Gasteiger partial charge in [0, 0.05) is 18.8 Å². The minimum atomic E-state index is -1.23. The predicted molar refractivity (Wildman–Crippen MR) is 65.9 cm³/mol. The van der Waals surface area contributed by atoms with E-state index in [0.29, 0.717) is 6.54 Å². The van der Waals surface area contributed by atoms with E-state index < -0.39 is 10.9 Å². The number of anilines is 1. The normalized spacial score (nSPS) is 10.1. The van der Waals surface area contributed by atoms with Crippen LogP contribution in [0.25, 0.3) is 0 Å². The number of pyridine rings is 1. The molecule has 2 N–H and O–H groups in total. The van der Waals surface area contributed by atoms with Crippen LogP contribution in [0.15, 0.2) is 12.3 Å². The standard InChI is InChI=1S/C11H15N3O4/c1-2-3-4-5-12-10-9(14(17)18)6-8(7-13-10)11(15)16/h6-7H,2-5H2,1H3,(H,12,13)(H,15,16). The Morgan fingerprint density at radius 2 is 2.28 bits per heavy atom. The third-order valence-corrected chi connectivity index (χ3v) is 2.38. The van der Waals surface area contributed by atoms with Crippen LogP contribution in [0, 0.1) is 10.1 Å².